The maximum Gasteiger partial charge on any atom is 0.229 e. The van der Waals surface area contributed by atoms with Crippen molar-refractivity contribution in [2.45, 2.75) is 51.5 Å². The molecule has 0 bridgehead atoms. The number of hydrogen-bond donors (Lipinski definition) is 0. The lowest BCUT2D eigenvalue weighted by Crippen LogP contribution is -2.30. The highest BCUT2D eigenvalue weighted by Gasteiger charge is 2.33. The van der Waals surface area contributed by atoms with E-state index in [1.165, 1.54) is 0 Å². The summed E-state index contributed by atoms with van der Waals surface area (Å²) in [6.45, 7) is 4.82. The molecule has 0 unspecified atom stereocenters. The van der Waals surface area contributed by atoms with Crippen molar-refractivity contribution >= 4 is 12.0 Å². The number of hydrogen-bond acceptors (Lipinski definition) is 4. The van der Waals surface area contributed by atoms with E-state index in [4.69, 9.17) is 4.52 Å². The van der Waals surface area contributed by atoms with Gasteiger partial charge in [0.15, 0.2) is 5.82 Å². The van der Waals surface area contributed by atoms with Crippen molar-refractivity contribution in [3.8, 4) is 0 Å². The van der Waals surface area contributed by atoms with Crippen LogP contribution in [0.1, 0.15) is 68.8 Å². The molecule has 0 spiro atoms. The minimum atomic E-state index is -0.0400. The van der Waals surface area contributed by atoms with Crippen LogP contribution in [0.3, 0.4) is 0 Å². The number of carbonyl (C=O) groups excluding carboxylic acids is 1. The summed E-state index contributed by atoms with van der Waals surface area (Å²) in [5.41, 5.74) is 1.15. The summed E-state index contributed by atoms with van der Waals surface area (Å²) in [6, 6.07) is 10.1. The van der Waals surface area contributed by atoms with Crippen LogP contribution >= 0.6 is 0 Å². The molecule has 0 N–H and O–H groups in total. The molecule has 1 aliphatic rings. The van der Waals surface area contributed by atoms with E-state index in [2.05, 4.69) is 34.4 Å². The van der Waals surface area contributed by atoms with Gasteiger partial charge >= 0.3 is 0 Å². The summed E-state index contributed by atoms with van der Waals surface area (Å²) in [4.78, 5) is 19.0. The fourth-order valence-corrected chi connectivity index (χ4v) is 3.08. The second kappa shape index (κ2) is 8.10. The first-order valence-electron chi connectivity index (χ1n) is 8.99. The van der Waals surface area contributed by atoms with E-state index in [-0.39, 0.29) is 17.9 Å². The minimum Gasteiger partial charge on any atom is -0.339 e. The average molecular weight is 339 g/mol. The monoisotopic (exact) mass is 339 g/mol. The van der Waals surface area contributed by atoms with Crippen LogP contribution in [0.15, 0.2) is 40.9 Å². The fourth-order valence-electron chi connectivity index (χ4n) is 3.08. The molecule has 3 rings (SSSR count). The molecule has 5 heteroatoms. The van der Waals surface area contributed by atoms with Crippen molar-refractivity contribution in [2.75, 3.05) is 6.54 Å². The molecule has 1 atom stereocenters. The summed E-state index contributed by atoms with van der Waals surface area (Å²) in [5.74, 6) is 1.65. The quantitative estimate of drug-likeness (QED) is 0.785. The van der Waals surface area contributed by atoms with E-state index >= 15 is 0 Å². The average Bonchev–Trinajstić information content (AvgIpc) is 3.28. The number of benzene rings is 1. The lowest BCUT2D eigenvalue weighted by molar-refractivity contribution is -0.132. The van der Waals surface area contributed by atoms with Crippen LogP contribution in [0.4, 0.5) is 0 Å². The Labute approximate surface area is 148 Å². The van der Waals surface area contributed by atoms with Crippen LogP contribution in [-0.4, -0.2) is 27.5 Å². The highest BCUT2D eigenvalue weighted by atomic mass is 16.5. The zero-order chi connectivity index (χ0) is 17.6. The maximum atomic E-state index is 12.6. The van der Waals surface area contributed by atoms with E-state index in [1.54, 1.807) is 0 Å². The largest absolute Gasteiger partial charge is 0.339 e. The highest BCUT2D eigenvalue weighted by molar-refractivity contribution is 5.77. The standard InChI is InChI=1S/C20H25N3O2/c1-15(2)20-21-19(22-25-20)17-12-8-14-23(17)18(24)13-7-6-11-16-9-4-3-5-10-16/h3-6,9-11,15,17H,7-8,12-14H2,1-2H3/b11-6+/t17-/m1/s1. The van der Waals surface area contributed by atoms with Crippen molar-refractivity contribution in [3.05, 3.63) is 53.7 Å². The number of carbonyl (C=O) groups is 1. The first-order valence-corrected chi connectivity index (χ1v) is 8.99. The van der Waals surface area contributed by atoms with Crippen LogP contribution < -0.4 is 0 Å². The Bertz CT molecular complexity index is 722. The predicted octanol–water partition coefficient (Wildman–Crippen LogP) is 4.35. The zero-order valence-electron chi connectivity index (χ0n) is 14.9. The maximum absolute atomic E-state index is 12.6. The van der Waals surface area contributed by atoms with Gasteiger partial charge in [-0.05, 0) is 24.8 Å². The molecule has 0 saturated carbocycles. The fraction of sp³-hybridized carbons (Fsp3) is 0.450. The molecule has 25 heavy (non-hydrogen) atoms. The van der Waals surface area contributed by atoms with Crippen molar-refractivity contribution in [1.82, 2.24) is 15.0 Å². The number of nitrogens with zero attached hydrogens (tertiary/aromatic N) is 3. The second-order valence-electron chi connectivity index (χ2n) is 6.74. The molecule has 2 heterocycles. The van der Waals surface area contributed by atoms with Crippen molar-refractivity contribution in [3.63, 3.8) is 0 Å². The molecule has 1 aliphatic heterocycles. The lowest BCUT2D eigenvalue weighted by Gasteiger charge is -2.22. The summed E-state index contributed by atoms with van der Waals surface area (Å²) in [5, 5.41) is 4.09. The second-order valence-corrected chi connectivity index (χ2v) is 6.74. The van der Waals surface area contributed by atoms with Crippen molar-refractivity contribution < 1.29 is 9.32 Å². The number of aromatic nitrogens is 2. The topological polar surface area (TPSA) is 59.2 Å². The molecule has 5 nitrogen and oxygen atoms in total. The van der Waals surface area contributed by atoms with E-state index in [9.17, 15) is 4.79 Å². The van der Waals surface area contributed by atoms with Gasteiger partial charge in [-0.2, -0.15) is 4.98 Å². The van der Waals surface area contributed by atoms with Gasteiger partial charge in [0, 0.05) is 18.9 Å². The minimum absolute atomic E-state index is 0.0400. The molecule has 2 aromatic rings. The Morgan fingerprint density at radius 3 is 2.88 bits per heavy atom. The van der Waals surface area contributed by atoms with Gasteiger partial charge in [-0.3, -0.25) is 4.79 Å². The van der Waals surface area contributed by atoms with Crippen LogP contribution in [0.5, 0.6) is 0 Å². The molecule has 1 amide bonds. The summed E-state index contributed by atoms with van der Waals surface area (Å²) < 4.78 is 5.30. The van der Waals surface area contributed by atoms with E-state index < -0.39 is 0 Å². The molecule has 0 radical (unpaired) electrons. The molecule has 132 valence electrons. The van der Waals surface area contributed by atoms with Crippen LogP contribution in [-0.2, 0) is 4.79 Å². The Morgan fingerprint density at radius 2 is 2.16 bits per heavy atom. The van der Waals surface area contributed by atoms with Gasteiger partial charge in [0.25, 0.3) is 0 Å². The first-order chi connectivity index (χ1) is 12.1. The van der Waals surface area contributed by atoms with Gasteiger partial charge in [-0.15, -0.1) is 0 Å². The Hall–Kier alpha value is -2.43. The molecule has 1 saturated heterocycles. The van der Waals surface area contributed by atoms with Gasteiger partial charge in [0.05, 0.1) is 6.04 Å². The highest BCUT2D eigenvalue weighted by Crippen LogP contribution is 2.31. The van der Waals surface area contributed by atoms with E-state index in [0.29, 0.717) is 18.1 Å². The van der Waals surface area contributed by atoms with Crippen molar-refractivity contribution in [1.29, 1.82) is 0 Å². The number of likely N-dealkylation sites (tertiary alicyclic amines) is 1. The summed E-state index contributed by atoms with van der Waals surface area (Å²) in [7, 11) is 0. The number of rotatable bonds is 6. The van der Waals surface area contributed by atoms with Crippen LogP contribution in [0, 0.1) is 0 Å². The van der Waals surface area contributed by atoms with Crippen LogP contribution in [0.2, 0.25) is 0 Å². The molecular weight excluding hydrogens is 314 g/mol. The summed E-state index contributed by atoms with van der Waals surface area (Å²) in [6.07, 6.45) is 7.26. The third kappa shape index (κ3) is 4.35. The van der Waals surface area contributed by atoms with Gasteiger partial charge in [0.2, 0.25) is 11.8 Å². The SMILES string of the molecule is CC(C)c1nc([C@H]2CCCN2C(=O)CC/C=C/c2ccccc2)no1. The third-order valence-corrected chi connectivity index (χ3v) is 4.46. The molecule has 0 aliphatic carbocycles. The Kier molecular flexibility index (Phi) is 5.64. The molecule has 1 aromatic carbocycles. The Morgan fingerprint density at radius 1 is 1.36 bits per heavy atom. The van der Waals surface area contributed by atoms with E-state index in [0.717, 1.165) is 31.4 Å². The molecular formula is C20H25N3O2. The van der Waals surface area contributed by atoms with E-state index in [1.807, 2.05) is 36.9 Å². The van der Waals surface area contributed by atoms with Crippen LogP contribution in [0.25, 0.3) is 6.08 Å². The first kappa shape index (κ1) is 17.4. The van der Waals surface area contributed by atoms with Gasteiger partial charge in [-0.1, -0.05) is 61.5 Å². The predicted molar refractivity (Wildman–Crippen MR) is 96.8 cm³/mol. The third-order valence-electron chi connectivity index (χ3n) is 4.46. The zero-order valence-corrected chi connectivity index (χ0v) is 14.9. The molecule has 1 aromatic heterocycles. The number of amides is 1. The summed E-state index contributed by atoms with van der Waals surface area (Å²) >= 11 is 0. The van der Waals surface area contributed by atoms with Gasteiger partial charge in [-0.25, -0.2) is 0 Å². The van der Waals surface area contributed by atoms with Gasteiger partial charge < -0.3 is 9.42 Å². The smallest absolute Gasteiger partial charge is 0.229 e. The Balaban J connectivity index is 1.56. The molecule has 1 fully saturated rings. The number of allylic oxidation sites excluding steroid dienone is 1. The normalized spacial score (nSPS) is 17.7. The van der Waals surface area contributed by atoms with Gasteiger partial charge in [0.1, 0.15) is 0 Å². The lowest BCUT2D eigenvalue weighted by atomic mass is 10.1. The van der Waals surface area contributed by atoms with Crippen molar-refractivity contribution in [2.24, 2.45) is 0 Å².